The van der Waals surface area contributed by atoms with Crippen LogP contribution < -0.4 is 15.6 Å². The summed E-state index contributed by atoms with van der Waals surface area (Å²) in [5, 5.41) is 0. The molecule has 2 aliphatic heterocycles. The molecule has 2 aliphatic rings. The van der Waals surface area contributed by atoms with Crippen LogP contribution in [0, 0.1) is 11.7 Å². The van der Waals surface area contributed by atoms with Crippen molar-refractivity contribution in [3.63, 3.8) is 0 Å². The van der Waals surface area contributed by atoms with Crippen molar-refractivity contribution in [3.05, 3.63) is 65.5 Å². The van der Waals surface area contributed by atoms with Crippen LogP contribution in [0.5, 0.6) is 5.75 Å². The number of nitrogens with zero attached hydrogens (tertiary/aromatic N) is 1. The van der Waals surface area contributed by atoms with Gasteiger partial charge >= 0.3 is 0 Å². The van der Waals surface area contributed by atoms with Crippen LogP contribution in [0.1, 0.15) is 29.9 Å². The third kappa shape index (κ3) is 4.32. The van der Waals surface area contributed by atoms with E-state index in [2.05, 4.69) is 34.0 Å². The van der Waals surface area contributed by atoms with Crippen molar-refractivity contribution in [1.29, 1.82) is 0 Å². The highest BCUT2D eigenvalue weighted by Crippen LogP contribution is 2.32. The number of methoxy groups -OCH3 is 1. The predicted octanol–water partition coefficient (Wildman–Crippen LogP) is 3.31. The molecule has 0 aliphatic carbocycles. The van der Waals surface area contributed by atoms with Crippen molar-refractivity contribution in [3.8, 4) is 5.75 Å². The van der Waals surface area contributed by atoms with Gasteiger partial charge in [0, 0.05) is 31.6 Å². The lowest BCUT2D eigenvalue weighted by atomic mass is 9.81. The van der Waals surface area contributed by atoms with Crippen molar-refractivity contribution in [2.24, 2.45) is 5.92 Å². The highest BCUT2D eigenvalue weighted by Gasteiger charge is 2.36. The monoisotopic (exact) mass is 369 g/mol. The molecule has 0 radical (unpaired) electrons. The van der Waals surface area contributed by atoms with Crippen LogP contribution in [0.4, 0.5) is 4.39 Å². The van der Waals surface area contributed by atoms with Crippen molar-refractivity contribution in [2.75, 3.05) is 26.7 Å². The van der Waals surface area contributed by atoms with E-state index in [-0.39, 0.29) is 5.82 Å². The van der Waals surface area contributed by atoms with Crippen LogP contribution >= 0.6 is 0 Å². The van der Waals surface area contributed by atoms with Gasteiger partial charge in [-0.25, -0.2) is 4.39 Å². The minimum atomic E-state index is -0.151. The third-order valence-corrected chi connectivity index (χ3v) is 5.89. The summed E-state index contributed by atoms with van der Waals surface area (Å²) in [6.45, 7) is 3.97. The molecule has 144 valence electrons. The summed E-state index contributed by atoms with van der Waals surface area (Å²) in [7, 11) is 1.71. The Balaban J connectivity index is 1.44. The van der Waals surface area contributed by atoms with Gasteiger partial charge in [-0.3, -0.25) is 15.8 Å². The maximum atomic E-state index is 13.7. The maximum absolute atomic E-state index is 13.7. The van der Waals surface area contributed by atoms with Crippen LogP contribution in [-0.2, 0) is 6.54 Å². The Labute approximate surface area is 160 Å². The Morgan fingerprint density at radius 1 is 1.19 bits per heavy atom. The predicted molar refractivity (Wildman–Crippen MR) is 105 cm³/mol. The van der Waals surface area contributed by atoms with Gasteiger partial charge in [-0.15, -0.1) is 0 Å². The number of piperidine rings is 1. The molecular weight excluding hydrogens is 341 g/mol. The molecule has 2 fully saturated rings. The number of halogens is 1. The molecule has 27 heavy (non-hydrogen) atoms. The molecule has 0 spiro atoms. The van der Waals surface area contributed by atoms with E-state index in [0.717, 1.165) is 37.5 Å². The first-order valence-electron chi connectivity index (χ1n) is 9.82. The zero-order chi connectivity index (χ0) is 18.6. The fraction of sp³-hybridized carbons (Fsp3) is 0.455. The van der Waals surface area contributed by atoms with E-state index in [9.17, 15) is 4.39 Å². The second kappa shape index (κ2) is 8.38. The topological polar surface area (TPSA) is 36.5 Å². The summed E-state index contributed by atoms with van der Waals surface area (Å²) in [6, 6.07) is 15.7. The molecule has 2 N–H and O–H groups in total. The van der Waals surface area contributed by atoms with Gasteiger partial charge in [-0.2, -0.15) is 0 Å². The minimum absolute atomic E-state index is 0.151. The molecule has 3 unspecified atom stereocenters. The smallest absolute Gasteiger partial charge is 0.123 e. The third-order valence-electron chi connectivity index (χ3n) is 5.89. The number of nitrogens with one attached hydrogen (secondary N) is 2. The molecule has 2 saturated heterocycles. The number of benzene rings is 2. The number of hydrogen-bond acceptors (Lipinski definition) is 4. The molecule has 2 aromatic carbocycles. The normalized spacial score (nSPS) is 26.2. The average Bonchev–Trinajstić information content (AvgIpc) is 3.18. The number of hydrazine groups is 1. The largest absolute Gasteiger partial charge is 0.497 e. The van der Waals surface area contributed by atoms with Gasteiger partial charge in [-0.1, -0.05) is 24.3 Å². The van der Waals surface area contributed by atoms with E-state index >= 15 is 0 Å². The van der Waals surface area contributed by atoms with E-state index in [1.807, 2.05) is 18.2 Å². The fourth-order valence-corrected chi connectivity index (χ4v) is 4.58. The van der Waals surface area contributed by atoms with Crippen LogP contribution in [-0.4, -0.2) is 37.7 Å². The van der Waals surface area contributed by atoms with Crippen LogP contribution in [0.15, 0.2) is 48.5 Å². The van der Waals surface area contributed by atoms with E-state index < -0.39 is 0 Å². The lowest BCUT2D eigenvalue weighted by Crippen LogP contribution is -2.46. The van der Waals surface area contributed by atoms with Gasteiger partial charge in [0.25, 0.3) is 0 Å². The second-order valence-electron chi connectivity index (χ2n) is 7.70. The molecule has 4 rings (SSSR count). The SMILES string of the molecule is COc1cccc(CN2CCCC(C3NNCC3c3cccc(F)c3)C2)c1. The lowest BCUT2D eigenvalue weighted by molar-refractivity contribution is 0.139. The summed E-state index contributed by atoms with van der Waals surface area (Å²) in [5.74, 6) is 1.62. The molecule has 2 heterocycles. The van der Waals surface area contributed by atoms with Crippen LogP contribution in [0.2, 0.25) is 0 Å². The summed E-state index contributed by atoms with van der Waals surface area (Å²) >= 11 is 0. The average molecular weight is 369 g/mol. The summed E-state index contributed by atoms with van der Waals surface area (Å²) < 4.78 is 19.0. The molecule has 0 amide bonds. The first-order chi connectivity index (χ1) is 13.2. The van der Waals surface area contributed by atoms with E-state index in [4.69, 9.17) is 4.74 Å². The zero-order valence-corrected chi connectivity index (χ0v) is 15.8. The number of likely N-dealkylation sites (tertiary alicyclic amines) is 1. The quantitative estimate of drug-likeness (QED) is 0.848. The zero-order valence-electron chi connectivity index (χ0n) is 15.8. The molecule has 5 heteroatoms. The Morgan fingerprint density at radius 3 is 2.93 bits per heavy atom. The highest BCUT2D eigenvalue weighted by atomic mass is 19.1. The van der Waals surface area contributed by atoms with E-state index in [0.29, 0.717) is 17.9 Å². The van der Waals surface area contributed by atoms with Gasteiger partial charge < -0.3 is 4.74 Å². The summed E-state index contributed by atoms with van der Waals surface area (Å²) in [6.07, 6.45) is 2.41. The van der Waals surface area contributed by atoms with Crippen molar-refractivity contribution in [2.45, 2.75) is 31.3 Å². The molecule has 3 atom stereocenters. The summed E-state index contributed by atoms with van der Waals surface area (Å²) in [4.78, 5) is 2.53. The molecule has 0 aromatic heterocycles. The maximum Gasteiger partial charge on any atom is 0.123 e. The molecule has 0 bridgehead atoms. The number of ether oxygens (including phenoxy) is 1. The minimum Gasteiger partial charge on any atom is -0.497 e. The fourth-order valence-electron chi connectivity index (χ4n) is 4.58. The van der Waals surface area contributed by atoms with Crippen LogP contribution in [0.25, 0.3) is 0 Å². The van der Waals surface area contributed by atoms with Crippen molar-refractivity contribution < 1.29 is 9.13 Å². The van der Waals surface area contributed by atoms with Gasteiger partial charge in [0.1, 0.15) is 11.6 Å². The Hall–Kier alpha value is -1.95. The second-order valence-corrected chi connectivity index (χ2v) is 7.70. The van der Waals surface area contributed by atoms with Crippen molar-refractivity contribution >= 4 is 0 Å². The van der Waals surface area contributed by atoms with E-state index in [1.54, 1.807) is 13.2 Å². The lowest BCUT2D eigenvalue weighted by Gasteiger charge is -2.37. The van der Waals surface area contributed by atoms with Crippen molar-refractivity contribution in [1.82, 2.24) is 15.8 Å². The number of rotatable bonds is 5. The summed E-state index contributed by atoms with van der Waals surface area (Å²) in [5.41, 5.74) is 9.16. The van der Waals surface area contributed by atoms with Gasteiger partial charge in [-0.05, 0) is 60.7 Å². The standard InChI is InChI=1S/C22H28FN3O/c1-27-20-9-2-5-16(11-20)14-26-10-4-7-18(15-26)22-21(13-24-25-22)17-6-3-8-19(23)12-17/h2-3,5-6,8-9,11-12,18,21-22,24-25H,4,7,10,13-15H2,1H3. The Morgan fingerprint density at radius 2 is 2.07 bits per heavy atom. The Bertz CT molecular complexity index is 769. The highest BCUT2D eigenvalue weighted by molar-refractivity contribution is 5.28. The molecule has 0 saturated carbocycles. The van der Waals surface area contributed by atoms with Gasteiger partial charge in [0.2, 0.25) is 0 Å². The molecule has 2 aromatic rings. The Kier molecular flexibility index (Phi) is 5.72. The van der Waals surface area contributed by atoms with Gasteiger partial charge in [0.05, 0.1) is 7.11 Å². The number of hydrogen-bond donors (Lipinski definition) is 2. The van der Waals surface area contributed by atoms with Crippen LogP contribution in [0.3, 0.4) is 0 Å². The molecule has 4 nitrogen and oxygen atoms in total. The first kappa shape index (κ1) is 18.4. The first-order valence-corrected chi connectivity index (χ1v) is 9.82. The van der Waals surface area contributed by atoms with E-state index in [1.165, 1.54) is 24.5 Å². The van der Waals surface area contributed by atoms with Gasteiger partial charge in [0.15, 0.2) is 0 Å². The molecular formula is C22H28FN3O.